The average Bonchev–Trinajstić information content (AvgIpc) is 3.15. The highest BCUT2D eigenvalue weighted by atomic mass is 35.5. The van der Waals surface area contributed by atoms with Crippen molar-refractivity contribution in [2.45, 2.75) is 12.8 Å². The van der Waals surface area contributed by atoms with Crippen LogP contribution in [0.25, 0.3) is 11.5 Å². The molecule has 0 aromatic carbocycles. The maximum Gasteiger partial charge on any atom is 0.322 e. The van der Waals surface area contributed by atoms with Crippen molar-refractivity contribution in [1.82, 2.24) is 15.1 Å². The summed E-state index contributed by atoms with van der Waals surface area (Å²) in [5, 5.41) is 9.75. The summed E-state index contributed by atoms with van der Waals surface area (Å²) in [7, 11) is 0. The Kier molecular flexibility index (Phi) is 4.33. The van der Waals surface area contributed by atoms with Crippen LogP contribution < -0.4 is 5.32 Å². The smallest absolute Gasteiger partial charge is 0.322 e. The van der Waals surface area contributed by atoms with Gasteiger partial charge in [0.25, 0.3) is 5.89 Å². The van der Waals surface area contributed by atoms with Crippen LogP contribution >= 0.6 is 34.5 Å². The van der Waals surface area contributed by atoms with Crippen molar-refractivity contribution in [1.29, 1.82) is 0 Å². The fourth-order valence-corrected chi connectivity index (χ4v) is 3.42. The molecule has 0 spiro atoms. The largest absolute Gasteiger partial charge is 0.403 e. The molecule has 23 heavy (non-hydrogen) atoms. The van der Waals surface area contributed by atoms with Gasteiger partial charge in [0.2, 0.25) is 17.7 Å². The second-order valence-corrected chi connectivity index (χ2v) is 6.86. The number of carbonyl (C=O) groups excluding carboxylic acids is 3. The van der Waals surface area contributed by atoms with Gasteiger partial charge in [0.05, 0.1) is 9.90 Å². The van der Waals surface area contributed by atoms with Crippen molar-refractivity contribution < 1.29 is 18.8 Å². The number of nitrogens with zero attached hydrogens (tertiary/aromatic N) is 3. The van der Waals surface area contributed by atoms with E-state index < -0.39 is 5.91 Å². The van der Waals surface area contributed by atoms with Gasteiger partial charge in [-0.1, -0.05) is 28.3 Å². The zero-order chi connectivity index (χ0) is 16.6. The molecule has 3 amide bonds. The average molecular weight is 375 g/mol. The minimum Gasteiger partial charge on any atom is -0.403 e. The molecule has 1 saturated heterocycles. The third-order valence-corrected chi connectivity index (χ3v) is 4.50. The van der Waals surface area contributed by atoms with Crippen molar-refractivity contribution in [3.63, 3.8) is 0 Å². The molecule has 0 unspecified atom stereocenters. The Morgan fingerprint density at radius 1 is 1.30 bits per heavy atom. The van der Waals surface area contributed by atoms with E-state index in [2.05, 4.69) is 15.5 Å². The zero-order valence-electron chi connectivity index (χ0n) is 11.3. The number of anilines is 1. The first kappa shape index (κ1) is 15.9. The number of hydrogen-bond donors (Lipinski definition) is 1. The van der Waals surface area contributed by atoms with Gasteiger partial charge in [0, 0.05) is 12.8 Å². The lowest BCUT2D eigenvalue weighted by atomic mass is 10.3. The maximum absolute atomic E-state index is 11.8. The Balaban J connectivity index is 1.67. The molecule has 1 aliphatic rings. The SMILES string of the molecule is O=C(CN1C(=O)CCC1=O)Nc1nnc(-c2cc(Cl)sc2Cl)o1. The van der Waals surface area contributed by atoms with Gasteiger partial charge in [-0.05, 0) is 6.07 Å². The molecular formula is C12H8Cl2N4O4S. The zero-order valence-corrected chi connectivity index (χ0v) is 13.7. The number of hydrogen-bond acceptors (Lipinski definition) is 7. The number of amides is 3. The third kappa shape index (κ3) is 3.36. The molecule has 11 heteroatoms. The monoisotopic (exact) mass is 374 g/mol. The Labute approximate surface area is 143 Å². The van der Waals surface area contributed by atoms with Gasteiger partial charge >= 0.3 is 6.01 Å². The summed E-state index contributed by atoms with van der Waals surface area (Å²) in [4.78, 5) is 35.6. The van der Waals surface area contributed by atoms with E-state index >= 15 is 0 Å². The van der Waals surface area contributed by atoms with Crippen molar-refractivity contribution in [2.24, 2.45) is 0 Å². The lowest BCUT2D eigenvalue weighted by Gasteiger charge is -2.11. The number of carbonyl (C=O) groups is 3. The van der Waals surface area contributed by atoms with Gasteiger partial charge < -0.3 is 4.42 Å². The number of nitrogens with one attached hydrogen (secondary N) is 1. The highest BCUT2D eigenvalue weighted by Crippen LogP contribution is 2.37. The van der Waals surface area contributed by atoms with E-state index in [9.17, 15) is 14.4 Å². The summed E-state index contributed by atoms with van der Waals surface area (Å²) in [5.74, 6) is -1.27. The Morgan fingerprint density at radius 2 is 2.00 bits per heavy atom. The molecule has 1 fully saturated rings. The van der Waals surface area contributed by atoms with Crippen LogP contribution in [0.1, 0.15) is 12.8 Å². The first-order valence-corrected chi connectivity index (χ1v) is 7.93. The molecule has 3 rings (SSSR count). The van der Waals surface area contributed by atoms with Crippen LogP contribution in [0, 0.1) is 0 Å². The fourth-order valence-electron chi connectivity index (χ4n) is 1.97. The lowest BCUT2D eigenvalue weighted by Crippen LogP contribution is -2.36. The van der Waals surface area contributed by atoms with Gasteiger partial charge in [-0.25, -0.2) is 0 Å². The van der Waals surface area contributed by atoms with Gasteiger partial charge in [-0.15, -0.1) is 16.4 Å². The molecule has 0 aliphatic carbocycles. The predicted molar refractivity (Wildman–Crippen MR) is 82.2 cm³/mol. The topological polar surface area (TPSA) is 105 Å². The molecule has 1 N–H and O–H groups in total. The summed E-state index contributed by atoms with van der Waals surface area (Å²) in [6.07, 6.45) is 0.239. The summed E-state index contributed by atoms with van der Waals surface area (Å²) >= 11 is 13.0. The normalized spacial score (nSPS) is 14.6. The predicted octanol–water partition coefficient (Wildman–Crippen LogP) is 2.19. The molecule has 0 bridgehead atoms. The third-order valence-electron chi connectivity index (χ3n) is 3.02. The molecule has 8 nitrogen and oxygen atoms in total. The highest BCUT2D eigenvalue weighted by molar-refractivity contribution is 7.20. The van der Waals surface area contributed by atoms with Gasteiger partial charge in [-0.2, -0.15) is 0 Å². The highest BCUT2D eigenvalue weighted by Gasteiger charge is 2.30. The van der Waals surface area contributed by atoms with E-state index in [-0.39, 0.29) is 43.1 Å². The molecule has 0 atom stereocenters. The molecule has 2 aromatic heterocycles. The maximum atomic E-state index is 11.8. The van der Waals surface area contributed by atoms with E-state index in [1.54, 1.807) is 6.07 Å². The number of imide groups is 1. The van der Waals surface area contributed by atoms with E-state index in [0.717, 1.165) is 16.2 Å². The van der Waals surface area contributed by atoms with Crippen molar-refractivity contribution in [3.8, 4) is 11.5 Å². The Hall–Kier alpha value is -1.97. The quantitative estimate of drug-likeness (QED) is 0.822. The van der Waals surface area contributed by atoms with Crippen LogP contribution in [-0.2, 0) is 14.4 Å². The van der Waals surface area contributed by atoms with Crippen molar-refractivity contribution in [2.75, 3.05) is 11.9 Å². The van der Waals surface area contributed by atoms with Crippen LogP contribution in [0.4, 0.5) is 6.01 Å². The van der Waals surface area contributed by atoms with Gasteiger partial charge in [-0.3, -0.25) is 24.6 Å². The van der Waals surface area contributed by atoms with Gasteiger partial charge in [0.15, 0.2) is 0 Å². The second kappa shape index (κ2) is 6.26. The van der Waals surface area contributed by atoms with Crippen LogP contribution in [0.5, 0.6) is 0 Å². The number of rotatable bonds is 4. The minimum absolute atomic E-state index is 0.0989. The van der Waals surface area contributed by atoms with Crippen LogP contribution in [0.15, 0.2) is 10.5 Å². The summed E-state index contributed by atoms with van der Waals surface area (Å²) in [6.45, 7) is -0.388. The molecule has 2 aromatic rings. The first-order chi connectivity index (χ1) is 10.9. The number of halogens is 2. The minimum atomic E-state index is -0.613. The van der Waals surface area contributed by atoms with Crippen LogP contribution in [0.2, 0.25) is 8.67 Å². The molecular weight excluding hydrogens is 367 g/mol. The number of thiophene rings is 1. The van der Waals surface area contributed by atoms with E-state index in [4.69, 9.17) is 27.6 Å². The summed E-state index contributed by atoms with van der Waals surface area (Å²) < 4.78 is 6.11. The van der Waals surface area contributed by atoms with E-state index in [0.29, 0.717) is 14.2 Å². The molecule has 3 heterocycles. The fraction of sp³-hybridized carbons (Fsp3) is 0.250. The van der Waals surface area contributed by atoms with Crippen molar-refractivity contribution >= 4 is 58.3 Å². The van der Waals surface area contributed by atoms with Crippen LogP contribution in [0.3, 0.4) is 0 Å². The van der Waals surface area contributed by atoms with Gasteiger partial charge in [0.1, 0.15) is 10.9 Å². The Morgan fingerprint density at radius 3 is 2.61 bits per heavy atom. The standard InChI is InChI=1S/C12H8Cl2N4O4S/c13-6-3-5(10(14)23-6)11-16-17-12(22-11)15-7(19)4-18-8(20)1-2-9(18)21/h3H,1-2,4H2,(H,15,17,19). The molecule has 0 radical (unpaired) electrons. The summed E-state index contributed by atoms with van der Waals surface area (Å²) in [5.41, 5.74) is 0.458. The first-order valence-electron chi connectivity index (χ1n) is 6.36. The van der Waals surface area contributed by atoms with E-state index in [1.165, 1.54) is 0 Å². The van der Waals surface area contributed by atoms with Crippen molar-refractivity contribution in [3.05, 3.63) is 14.7 Å². The molecule has 0 saturated carbocycles. The van der Waals surface area contributed by atoms with Crippen LogP contribution in [-0.4, -0.2) is 39.4 Å². The van der Waals surface area contributed by atoms with E-state index in [1.807, 2.05) is 0 Å². The molecule has 1 aliphatic heterocycles. The second-order valence-electron chi connectivity index (χ2n) is 4.57. The Bertz CT molecular complexity index is 787. The molecule has 120 valence electrons. The number of likely N-dealkylation sites (tertiary alicyclic amines) is 1. The number of aromatic nitrogens is 2. The summed E-state index contributed by atoms with van der Waals surface area (Å²) in [6, 6.07) is 1.40. The lowest BCUT2D eigenvalue weighted by molar-refractivity contribution is -0.141.